The number of nitrogen functional groups attached to an aromatic ring is 3. The zero-order valence-electron chi connectivity index (χ0n) is 64.2. The van der Waals surface area contributed by atoms with Crippen molar-refractivity contribution in [3.63, 3.8) is 0 Å². The third-order valence-corrected chi connectivity index (χ3v) is 18.7. The van der Waals surface area contributed by atoms with Gasteiger partial charge in [0.15, 0.2) is 5.15 Å². The molecule has 16 heterocycles. The van der Waals surface area contributed by atoms with Crippen LogP contribution in [0.2, 0.25) is 5.15 Å². The Kier molecular flexibility index (Phi) is 27.6. The number of aryl methyl sites for hydroxylation is 5. The molecule has 0 aliphatic carbocycles. The van der Waals surface area contributed by atoms with Gasteiger partial charge in [-0.2, -0.15) is 51.0 Å². The molecule has 44 heteroatoms. The van der Waals surface area contributed by atoms with Crippen LogP contribution in [0.25, 0.3) is 94.6 Å². The first-order chi connectivity index (χ1) is 55.7. The van der Waals surface area contributed by atoms with Crippen molar-refractivity contribution in [2.75, 3.05) is 17.2 Å². The maximum atomic E-state index is 11.5. The lowest BCUT2D eigenvalue weighted by Gasteiger charge is -2.32. The van der Waals surface area contributed by atoms with Crippen LogP contribution in [-0.2, 0) is 49.1 Å². The fourth-order valence-corrected chi connectivity index (χ4v) is 12.1. The van der Waals surface area contributed by atoms with Gasteiger partial charge in [-0.05, 0) is 150 Å². The van der Waals surface area contributed by atoms with Crippen molar-refractivity contribution >= 4 is 149 Å². The number of rotatable bonds is 8. The summed E-state index contributed by atoms with van der Waals surface area (Å²) in [6.07, 6.45) is 35.4. The van der Waals surface area contributed by atoms with Crippen molar-refractivity contribution in [2.24, 2.45) is 35.2 Å². The number of aromatic nitrogens is 25. The second-order valence-electron chi connectivity index (χ2n) is 27.1. The fourth-order valence-electron chi connectivity index (χ4n) is 11.5. The SMILES string of the molecule is Cl.Cn1cc(-c2cc3c(-c4ccc(N)cc4)ncnn3c2)cn1.Cn1cc(-c2cc3c(-c4ccc(N)cc4)ncnn3c2)cn1.Cn1cc(-c2cc3c(=O)[nH]cnn3c2)cn1.Cn1cc(-c2cc3c(Cl)ncnn3c2)cn1.Cn1cc(B2OC(C)(C)C(C)(C)O2)cn1.Nc1ccc(B(O)O)cc1.O=P(Cl)(Cl)Cl.O=c1[nH]cnn2cc(Br)cc12. The highest BCUT2D eigenvalue weighted by molar-refractivity contribution is 9.10. The highest BCUT2D eigenvalue weighted by Gasteiger charge is 2.52. The lowest BCUT2D eigenvalue weighted by Crippen LogP contribution is -2.41. The first kappa shape index (κ1) is 86.8. The fraction of sp³-hybridized carbons (Fsp3) is 0.149. The molecule has 10 N–H and O–H groups in total. The van der Waals surface area contributed by atoms with Gasteiger partial charge in [-0.25, -0.2) is 37.5 Å². The van der Waals surface area contributed by atoms with Crippen LogP contribution in [0.3, 0.4) is 0 Å². The molecule has 1 saturated heterocycles. The van der Waals surface area contributed by atoms with Gasteiger partial charge in [0.1, 0.15) is 48.2 Å². The van der Waals surface area contributed by atoms with Crippen molar-refractivity contribution in [2.45, 2.75) is 38.9 Å². The van der Waals surface area contributed by atoms with E-state index in [0.717, 1.165) is 105 Å². The Bertz CT molecular complexity index is 6420. The molecule has 0 spiro atoms. The van der Waals surface area contributed by atoms with Crippen LogP contribution < -0.4 is 39.2 Å². The summed E-state index contributed by atoms with van der Waals surface area (Å²) in [6, 6.07) is 31.3. The van der Waals surface area contributed by atoms with Crippen molar-refractivity contribution in [3.05, 3.63) is 258 Å². The van der Waals surface area contributed by atoms with Gasteiger partial charge in [0.25, 0.3) is 11.1 Å². The molecule has 35 nitrogen and oxygen atoms in total. The molecule has 0 amide bonds. The first-order valence-corrected chi connectivity index (χ1v) is 40.6. The lowest BCUT2D eigenvalue weighted by atomic mass is 9.80. The predicted octanol–water partition coefficient (Wildman–Crippen LogP) is 10.6. The highest BCUT2D eigenvalue weighted by atomic mass is 79.9. The molecule has 1 aliphatic rings. The minimum absolute atomic E-state index is 0. The van der Waals surface area contributed by atoms with Crippen LogP contribution in [0.15, 0.2) is 242 Å². The number of benzene rings is 3. The number of fused-ring (bicyclic) bond motifs is 5. The molecule has 0 unspecified atom stereocenters. The van der Waals surface area contributed by atoms with E-state index in [1.54, 1.807) is 106 Å². The third-order valence-electron chi connectivity index (χ3n) is 18.0. The number of anilines is 3. The van der Waals surface area contributed by atoms with Gasteiger partial charge >= 0.3 is 19.4 Å². The minimum Gasteiger partial charge on any atom is -0.423 e. The molecule has 606 valence electrons. The lowest BCUT2D eigenvalue weighted by molar-refractivity contribution is 0.00578. The van der Waals surface area contributed by atoms with Crippen molar-refractivity contribution < 1.29 is 23.9 Å². The molecule has 0 saturated carbocycles. The second kappa shape index (κ2) is 37.5. The number of aromatic amines is 2. The van der Waals surface area contributed by atoms with Crippen LogP contribution in [0.4, 0.5) is 17.1 Å². The largest absolute Gasteiger partial charge is 0.498 e. The Labute approximate surface area is 706 Å². The van der Waals surface area contributed by atoms with E-state index in [9.17, 15) is 14.2 Å². The molecule has 1 aliphatic heterocycles. The summed E-state index contributed by atoms with van der Waals surface area (Å²) in [5.74, 6) is 0. The van der Waals surface area contributed by atoms with E-state index >= 15 is 0 Å². The van der Waals surface area contributed by atoms with Crippen LogP contribution in [0, 0.1) is 0 Å². The van der Waals surface area contributed by atoms with Gasteiger partial charge in [-0.15, -0.1) is 12.4 Å². The molecule has 0 radical (unpaired) electrons. The number of H-pyrrole nitrogens is 2. The van der Waals surface area contributed by atoms with Crippen LogP contribution in [-0.4, -0.2) is 157 Å². The monoisotopic (exact) mass is 1770 g/mol. The van der Waals surface area contributed by atoms with Crippen LogP contribution >= 0.6 is 78.9 Å². The Morgan fingerprint density at radius 2 is 0.754 bits per heavy atom. The summed E-state index contributed by atoms with van der Waals surface area (Å²) in [6.45, 7) is 8.18. The Balaban J connectivity index is 0.000000135. The molecule has 0 bridgehead atoms. The van der Waals surface area contributed by atoms with E-state index in [1.165, 1.54) is 23.5 Å². The number of hydrogen-bond donors (Lipinski definition) is 7. The number of halogens is 6. The maximum Gasteiger partial charge on any atom is 0.498 e. The van der Waals surface area contributed by atoms with Gasteiger partial charge in [-0.1, -0.05) is 48.0 Å². The Morgan fingerprint density at radius 1 is 0.432 bits per heavy atom. The second-order valence-corrected chi connectivity index (χ2v) is 35.0. The summed E-state index contributed by atoms with van der Waals surface area (Å²) in [4.78, 5) is 40.3. The maximum absolute atomic E-state index is 11.5. The average molecular weight is 1780 g/mol. The molecule has 0 atom stereocenters. The van der Waals surface area contributed by atoms with Gasteiger partial charge < -0.3 is 46.5 Å². The van der Waals surface area contributed by atoms with E-state index in [-0.39, 0.29) is 41.8 Å². The van der Waals surface area contributed by atoms with Crippen molar-refractivity contribution in [3.8, 4) is 67.0 Å². The molecular weight excluding hydrogens is 1700 g/mol. The highest BCUT2D eigenvalue weighted by Crippen LogP contribution is 2.61. The first-order valence-electron chi connectivity index (χ1n) is 35.0. The number of nitrogens with zero attached hydrogens (tertiary/aromatic N) is 23. The van der Waals surface area contributed by atoms with Crippen LogP contribution in [0.5, 0.6) is 0 Å². The zero-order valence-corrected chi connectivity index (χ0v) is 70.5. The molecule has 3 aromatic carbocycles. The molecule has 1 fully saturated rings. The van der Waals surface area contributed by atoms with Gasteiger partial charge in [0.2, 0.25) is 0 Å². The normalized spacial score (nSPS) is 12.4. The molecule has 19 rings (SSSR count). The summed E-state index contributed by atoms with van der Waals surface area (Å²) in [7, 11) is 7.72. The van der Waals surface area contributed by atoms with Crippen molar-refractivity contribution in [1.82, 2.24) is 122 Å². The number of nitrogens with two attached hydrogens (primary N) is 3. The smallest absolute Gasteiger partial charge is 0.423 e. The standard InChI is InChI=1S/2C16H14N6.C10H17BN2O2.C10H8ClN5.C10H9N5O.C6H8BNO2.C6H4BrN3O.Cl3OP.ClH/c2*1-21-8-13(7-19-21)12-6-15-16(18-10-20-22(15)9-12)11-2-4-14(17)5-3-11;1-9(2)10(3,4)15-11(14-9)8-6-12-13(5)7-8;1-15-4-8(3-13-15)7-2-9-10(11)12-6-14-16(9)5-7;1-14-4-8(3-12-14)7-2-9-10(16)11-6-13-15(9)5-7;8-6-3-1-5(2-4-6)7(9)10;7-4-1-5-6(11)8-3-9-10(5)2-4;1-5(2,3)4;/h2*2-10H,17H2,1H3;6-7H,1-5H3;2-6H,1H3;2-6H,1H3,(H,11,13,16);1-4,9-10H,8H2;1-3H,(H,8,9,11);;1H. The van der Waals surface area contributed by atoms with E-state index in [2.05, 4.69) is 138 Å². The van der Waals surface area contributed by atoms with Gasteiger partial charge in [0.05, 0.1) is 58.4 Å². The van der Waals surface area contributed by atoms with E-state index in [1.807, 2.05) is 195 Å². The summed E-state index contributed by atoms with van der Waals surface area (Å²) in [5, 5.41) is 55.8. The summed E-state index contributed by atoms with van der Waals surface area (Å²) in [5.41, 5.74) is 35.2. The molecule has 18 aromatic rings. The van der Waals surface area contributed by atoms with Gasteiger partial charge in [0, 0.05) is 186 Å². The Hall–Kier alpha value is -12.1. The average Bonchev–Trinajstić information content (AvgIpc) is 1.65. The number of hydrogen-bond acceptors (Lipinski definition) is 23. The third kappa shape index (κ3) is 22.0. The summed E-state index contributed by atoms with van der Waals surface area (Å²) >= 11 is 23.1. The molecule has 15 aromatic heterocycles. The van der Waals surface area contributed by atoms with Gasteiger partial charge in [-0.3, -0.25) is 37.6 Å². The van der Waals surface area contributed by atoms with Crippen molar-refractivity contribution in [1.29, 1.82) is 0 Å². The number of nitrogens with one attached hydrogen (secondary N) is 2. The topological polar surface area (TPSA) is 434 Å². The predicted molar refractivity (Wildman–Crippen MR) is 464 cm³/mol. The van der Waals surface area contributed by atoms with E-state index in [4.69, 9.17) is 48.2 Å². The molecule has 118 heavy (non-hydrogen) atoms. The van der Waals surface area contributed by atoms with Crippen LogP contribution in [0.1, 0.15) is 27.7 Å². The zero-order chi connectivity index (χ0) is 83.6. The molecular formula is C74H75B2BrCl5N28O7P. The summed E-state index contributed by atoms with van der Waals surface area (Å²) < 4.78 is 39.4. The quantitative estimate of drug-likeness (QED) is 0.0422. The van der Waals surface area contributed by atoms with E-state index in [0.29, 0.717) is 27.3 Å². The minimum atomic E-state index is -3.22. The van der Waals surface area contributed by atoms with E-state index < -0.39 is 12.3 Å². The Morgan fingerprint density at radius 3 is 1.09 bits per heavy atom.